The van der Waals surface area contributed by atoms with Gasteiger partial charge in [0.05, 0.1) is 0 Å². The molecule has 1 aliphatic rings. The van der Waals surface area contributed by atoms with Crippen molar-refractivity contribution in [3.63, 3.8) is 0 Å². The Morgan fingerprint density at radius 3 is 2.67 bits per heavy atom. The molecule has 0 aromatic heterocycles. The number of rotatable bonds is 3. The molecule has 2 N–H and O–H groups in total. The van der Waals surface area contributed by atoms with E-state index in [0.29, 0.717) is 0 Å². The lowest BCUT2D eigenvalue weighted by Crippen LogP contribution is -2.22. The lowest BCUT2D eigenvalue weighted by Gasteiger charge is -2.15. The van der Waals surface area contributed by atoms with Crippen molar-refractivity contribution >= 4 is 17.3 Å². The van der Waals surface area contributed by atoms with Crippen molar-refractivity contribution in [2.24, 2.45) is 0 Å². The fourth-order valence-corrected chi connectivity index (χ4v) is 2.26. The molecule has 0 saturated carbocycles. The summed E-state index contributed by atoms with van der Waals surface area (Å²) in [6.07, 6.45) is 3.72. The number of halogens is 1. The Balaban J connectivity index is 1.92. The van der Waals surface area contributed by atoms with Gasteiger partial charge in [-0.1, -0.05) is 17.7 Å². The molecule has 1 aromatic rings. The molecule has 0 aliphatic carbocycles. The SMILES string of the molecule is Nc1cc(Cl)ccc1CCN1CCCC1. The first-order chi connectivity index (χ1) is 7.25. The van der Waals surface area contributed by atoms with Gasteiger partial charge in [-0.3, -0.25) is 0 Å². The molecule has 82 valence electrons. The van der Waals surface area contributed by atoms with Crippen molar-refractivity contribution < 1.29 is 0 Å². The molecule has 0 atom stereocenters. The smallest absolute Gasteiger partial charge is 0.0426 e. The van der Waals surface area contributed by atoms with Crippen LogP contribution in [0.2, 0.25) is 5.02 Å². The van der Waals surface area contributed by atoms with Gasteiger partial charge in [-0.15, -0.1) is 0 Å². The molecule has 0 bridgehead atoms. The molecule has 1 aromatic carbocycles. The maximum Gasteiger partial charge on any atom is 0.0426 e. The highest BCUT2D eigenvalue weighted by Crippen LogP contribution is 2.19. The third kappa shape index (κ3) is 2.86. The number of likely N-dealkylation sites (tertiary alicyclic amines) is 1. The lowest BCUT2D eigenvalue weighted by molar-refractivity contribution is 0.343. The highest BCUT2D eigenvalue weighted by Gasteiger charge is 2.11. The van der Waals surface area contributed by atoms with Crippen LogP contribution in [0.25, 0.3) is 0 Å². The second-order valence-electron chi connectivity index (χ2n) is 4.14. The molecule has 2 rings (SSSR count). The van der Waals surface area contributed by atoms with E-state index in [1.165, 1.54) is 31.5 Å². The molecule has 0 radical (unpaired) electrons. The van der Waals surface area contributed by atoms with E-state index in [0.717, 1.165) is 23.7 Å². The third-order valence-electron chi connectivity index (χ3n) is 3.00. The maximum absolute atomic E-state index is 5.90. The number of nitrogens with zero attached hydrogens (tertiary/aromatic N) is 1. The summed E-state index contributed by atoms with van der Waals surface area (Å²) >= 11 is 5.85. The highest BCUT2D eigenvalue weighted by atomic mass is 35.5. The van der Waals surface area contributed by atoms with Gasteiger partial charge in [0.2, 0.25) is 0 Å². The Hall–Kier alpha value is -0.730. The van der Waals surface area contributed by atoms with Crippen LogP contribution < -0.4 is 5.73 Å². The molecular formula is C12H17ClN2. The summed E-state index contributed by atoms with van der Waals surface area (Å²) in [6, 6.07) is 5.78. The minimum absolute atomic E-state index is 0.720. The minimum Gasteiger partial charge on any atom is -0.398 e. The monoisotopic (exact) mass is 224 g/mol. The molecule has 15 heavy (non-hydrogen) atoms. The summed E-state index contributed by atoms with van der Waals surface area (Å²) in [7, 11) is 0. The number of nitrogens with two attached hydrogens (primary N) is 1. The minimum atomic E-state index is 0.720. The van der Waals surface area contributed by atoms with Crippen LogP contribution in [-0.2, 0) is 6.42 Å². The second kappa shape index (κ2) is 4.86. The topological polar surface area (TPSA) is 29.3 Å². The van der Waals surface area contributed by atoms with E-state index >= 15 is 0 Å². The van der Waals surface area contributed by atoms with Gasteiger partial charge in [0.15, 0.2) is 0 Å². The summed E-state index contributed by atoms with van der Waals surface area (Å²) in [5, 5.41) is 0.720. The van der Waals surface area contributed by atoms with Crippen LogP contribution in [0, 0.1) is 0 Å². The number of benzene rings is 1. The molecule has 0 unspecified atom stereocenters. The lowest BCUT2D eigenvalue weighted by atomic mass is 10.1. The van der Waals surface area contributed by atoms with E-state index in [2.05, 4.69) is 4.90 Å². The number of anilines is 1. The van der Waals surface area contributed by atoms with Gasteiger partial charge in [0.1, 0.15) is 0 Å². The molecule has 3 heteroatoms. The molecule has 1 fully saturated rings. The molecule has 0 spiro atoms. The summed E-state index contributed by atoms with van der Waals surface area (Å²) in [5.74, 6) is 0. The largest absolute Gasteiger partial charge is 0.398 e. The number of hydrogen-bond donors (Lipinski definition) is 1. The van der Waals surface area contributed by atoms with Crippen LogP contribution in [0.15, 0.2) is 18.2 Å². The van der Waals surface area contributed by atoms with Crippen molar-refractivity contribution in [1.82, 2.24) is 4.90 Å². The van der Waals surface area contributed by atoms with Crippen LogP contribution in [0.3, 0.4) is 0 Å². The molecule has 0 amide bonds. The van der Waals surface area contributed by atoms with E-state index in [1.54, 1.807) is 0 Å². The van der Waals surface area contributed by atoms with Crippen LogP contribution in [0.1, 0.15) is 18.4 Å². The Kier molecular flexibility index (Phi) is 3.49. The standard InChI is InChI=1S/C12H17ClN2/c13-11-4-3-10(12(14)9-11)5-8-15-6-1-2-7-15/h3-4,9H,1-2,5-8,14H2. The molecule has 1 saturated heterocycles. The van der Waals surface area contributed by atoms with Crippen LogP contribution in [-0.4, -0.2) is 24.5 Å². The Bertz CT molecular complexity index is 332. The summed E-state index contributed by atoms with van der Waals surface area (Å²) in [6.45, 7) is 3.60. The zero-order chi connectivity index (χ0) is 10.7. The normalized spacial score (nSPS) is 17.1. The summed E-state index contributed by atoms with van der Waals surface area (Å²) < 4.78 is 0. The van der Waals surface area contributed by atoms with Crippen molar-refractivity contribution in [2.75, 3.05) is 25.4 Å². The molecular weight excluding hydrogens is 208 g/mol. The van der Waals surface area contributed by atoms with Crippen LogP contribution in [0.5, 0.6) is 0 Å². The van der Waals surface area contributed by atoms with Gasteiger partial charge in [-0.25, -0.2) is 0 Å². The predicted octanol–water partition coefficient (Wildman–Crippen LogP) is 2.56. The molecule has 1 heterocycles. The van der Waals surface area contributed by atoms with Crippen LogP contribution in [0.4, 0.5) is 5.69 Å². The first kappa shape index (κ1) is 10.8. The van der Waals surface area contributed by atoms with Crippen molar-refractivity contribution in [3.05, 3.63) is 28.8 Å². The van der Waals surface area contributed by atoms with E-state index in [1.807, 2.05) is 18.2 Å². The second-order valence-corrected chi connectivity index (χ2v) is 4.58. The Morgan fingerprint density at radius 2 is 2.00 bits per heavy atom. The third-order valence-corrected chi connectivity index (χ3v) is 3.24. The van der Waals surface area contributed by atoms with E-state index in [9.17, 15) is 0 Å². The Labute approximate surface area is 96.0 Å². The zero-order valence-corrected chi connectivity index (χ0v) is 9.63. The average molecular weight is 225 g/mol. The quantitative estimate of drug-likeness (QED) is 0.800. The van der Waals surface area contributed by atoms with Gasteiger partial charge in [0, 0.05) is 17.3 Å². The van der Waals surface area contributed by atoms with Gasteiger partial charge in [0.25, 0.3) is 0 Å². The van der Waals surface area contributed by atoms with Gasteiger partial charge in [-0.2, -0.15) is 0 Å². The highest BCUT2D eigenvalue weighted by molar-refractivity contribution is 6.30. The fourth-order valence-electron chi connectivity index (χ4n) is 2.08. The summed E-state index contributed by atoms with van der Waals surface area (Å²) in [4.78, 5) is 2.49. The molecule has 2 nitrogen and oxygen atoms in total. The van der Waals surface area contributed by atoms with Crippen molar-refractivity contribution in [1.29, 1.82) is 0 Å². The van der Waals surface area contributed by atoms with Crippen molar-refractivity contribution in [3.8, 4) is 0 Å². The van der Waals surface area contributed by atoms with Gasteiger partial charge < -0.3 is 10.6 Å². The summed E-state index contributed by atoms with van der Waals surface area (Å²) in [5.41, 5.74) is 7.94. The van der Waals surface area contributed by atoms with E-state index in [4.69, 9.17) is 17.3 Å². The van der Waals surface area contributed by atoms with Crippen molar-refractivity contribution in [2.45, 2.75) is 19.3 Å². The number of nitrogen functional groups attached to an aromatic ring is 1. The number of hydrogen-bond acceptors (Lipinski definition) is 2. The first-order valence-electron chi connectivity index (χ1n) is 5.52. The van der Waals surface area contributed by atoms with Gasteiger partial charge in [-0.05, 0) is 50.0 Å². The van der Waals surface area contributed by atoms with Crippen LogP contribution >= 0.6 is 11.6 Å². The predicted molar refractivity (Wildman–Crippen MR) is 65.2 cm³/mol. The van der Waals surface area contributed by atoms with Gasteiger partial charge >= 0.3 is 0 Å². The van der Waals surface area contributed by atoms with E-state index in [-0.39, 0.29) is 0 Å². The average Bonchev–Trinajstić information content (AvgIpc) is 2.69. The van der Waals surface area contributed by atoms with E-state index < -0.39 is 0 Å². The molecule has 1 aliphatic heterocycles. The maximum atomic E-state index is 5.90. The zero-order valence-electron chi connectivity index (χ0n) is 8.88. The fraction of sp³-hybridized carbons (Fsp3) is 0.500. The Morgan fingerprint density at radius 1 is 1.27 bits per heavy atom. The first-order valence-corrected chi connectivity index (χ1v) is 5.90.